The highest BCUT2D eigenvalue weighted by Crippen LogP contribution is 2.32. The van der Waals surface area contributed by atoms with Crippen LogP contribution in [-0.2, 0) is 0 Å². The number of rotatable bonds is 2. The van der Waals surface area contributed by atoms with Gasteiger partial charge in [0.15, 0.2) is 17.5 Å². The Balaban J connectivity index is 1.57. The molecule has 2 aromatic heterocycles. The number of benzene rings is 1. The Morgan fingerprint density at radius 2 is 1.88 bits per heavy atom. The van der Waals surface area contributed by atoms with Crippen molar-refractivity contribution in [1.29, 1.82) is 0 Å². The third-order valence-corrected chi connectivity index (χ3v) is 4.75. The van der Waals surface area contributed by atoms with Gasteiger partial charge < -0.3 is 9.88 Å². The highest BCUT2D eigenvalue weighted by atomic mass is 19.2. The van der Waals surface area contributed by atoms with Gasteiger partial charge in [0, 0.05) is 19.3 Å². The van der Waals surface area contributed by atoms with Crippen molar-refractivity contribution in [1.82, 2.24) is 15.0 Å². The molecule has 3 aromatic rings. The second-order valence-electron chi connectivity index (χ2n) is 6.20. The van der Waals surface area contributed by atoms with E-state index in [-0.39, 0.29) is 11.5 Å². The molecule has 7 heteroatoms. The fourth-order valence-electron chi connectivity index (χ4n) is 3.41. The van der Waals surface area contributed by atoms with E-state index in [0.717, 1.165) is 18.4 Å². The Kier molecular flexibility index (Phi) is 3.91. The number of H-pyrrole nitrogens is 1. The number of aromatic nitrogens is 3. The van der Waals surface area contributed by atoms with Gasteiger partial charge in [-0.3, -0.25) is 4.79 Å². The first kappa shape index (κ1) is 15.7. The van der Waals surface area contributed by atoms with E-state index < -0.39 is 11.6 Å². The molecule has 1 N–H and O–H groups in total. The minimum Gasteiger partial charge on any atom is -0.355 e. The molecule has 1 aliphatic rings. The molecule has 0 atom stereocenters. The van der Waals surface area contributed by atoms with Crippen molar-refractivity contribution in [2.75, 3.05) is 18.0 Å². The number of fused-ring (bicyclic) bond motifs is 1. The van der Waals surface area contributed by atoms with E-state index in [1.54, 1.807) is 18.3 Å². The lowest BCUT2D eigenvalue weighted by Crippen LogP contribution is -2.34. The van der Waals surface area contributed by atoms with Gasteiger partial charge in [0.1, 0.15) is 5.52 Å². The lowest BCUT2D eigenvalue weighted by molar-refractivity contribution is 0.484. The smallest absolute Gasteiger partial charge is 0.258 e. The molecule has 0 aliphatic carbocycles. The zero-order valence-electron chi connectivity index (χ0n) is 13.4. The van der Waals surface area contributed by atoms with Crippen LogP contribution >= 0.6 is 0 Å². The lowest BCUT2D eigenvalue weighted by atomic mass is 9.89. The number of pyridine rings is 1. The second-order valence-corrected chi connectivity index (χ2v) is 6.20. The predicted molar refractivity (Wildman–Crippen MR) is 90.7 cm³/mol. The van der Waals surface area contributed by atoms with Crippen LogP contribution in [0.1, 0.15) is 24.3 Å². The zero-order chi connectivity index (χ0) is 17.4. The summed E-state index contributed by atoms with van der Waals surface area (Å²) in [5, 5.41) is 0.509. The van der Waals surface area contributed by atoms with Crippen molar-refractivity contribution in [3.05, 3.63) is 64.3 Å². The molecule has 0 spiro atoms. The summed E-state index contributed by atoms with van der Waals surface area (Å²) in [5.41, 5.74) is 1.21. The Bertz CT molecular complexity index is 980. The van der Waals surface area contributed by atoms with Crippen molar-refractivity contribution in [2.24, 2.45) is 0 Å². The zero-order valence-corrected chi connectivity index (χ0v) is 13.4. The first-order chi connectivity index (χ1) is 12.1. The highest BCUT2D eigenvalue weighted by Gasteiger charge is 2.24. The van der Waals surface area contributed by atoms with Crippen LogP contribution in [0.15, 0.2) is 41.6 Å². The third kappa shape index (κ3) is 2.86. The number of hydrogen-bond acceptors (Lipinski definition) is 4. The molecule has 128 valence electrons. The Hall–Kier alpha value is -2.83. The number of nitrogens with zero attached hydrogens (tertiary/aromatic N) is 3. The second kappa shape index (κ2) is 6.23. The van der Waals surface area contributed by atoms with E-state index in [9.17, 15) is 13.6 Å². The number of nitrogens with one attached hydrogen (secondary N) is 1. The number of aromatic amines is 1. The Morgan fingerprint density at radius 1 is 1.08 bits per heavy atom. The SMILES string of the molecule is O=c1[nH]cnc2c(N3CCC(c4ccc(F)c(F)c4)CC3)nccc12. The summed E-state index contributed by atoms with van der Waals surface area (Å²) in [6, 6.07) is 5.77. The first-order valence-corrected chi connectivity index (χ1v) is 8.16. The van der Waals surface area contributed by atoms with E-state index in [4.69, 9.17) is 0 Å². The van der Waals surface area contributed by atoms with Crippen LogP contribution in [0.25, 0.3) is 10.9 Å². The minimum absolute atomic E-state index is 0.178. The molecule has 0 unspecified atom stereocenters. The van der Waals surface area contributed by atoms with E-state index in [2.05, 4.69) is 19.9 Å². The topological polar surface area (TPSA) is 61.9 Å². The standard InChI is InChI=1S/C18H16F2N4O/c19-14-2-1-12(9-15(14)20)11-4-7-24(8-5-11)17-16-13(3-6-21-17)18(25)23-10-22-16/h1-3,6,9-11H,4-5,7-8H2,(H,22,23,25). The summed E-state index contributed by atoms with van der Waals surface area (Å²) in [6.07, 6.45) is 4.58. The van der Waals surface area contributed by atoms with Crippen LogP contribution in [0.4, 0.5) is 14.6 Å². The predicted octanol–water partition coefficient (Wildman–Crippen LogP) is 2.98. The van der Waals surface area contributed by atoms with Gasteiger partial charge in [-0.25, -0.2) is 18.7 Å². The van der Waals surface area contributed by atoms with Crippen molar-refractivity contribution < 1.29 is 8.78 Å². The van der Waals surface area contributed by atoms with Crippen LogP contribution in [0.5, 0.6) is 0 Å². The number of hydrogen-bond donors (Lipinski definition) is 1. The van der Waals surface area contributed by atoms with Gasteiger partial charge in [-0.05, 0) is 42.5 Å². The van der Waals surface area contributed by atoms with E-state index in [1.165, 1.54) is 18.5 Å². The van der Waals surface area contributed by atoms with Gasteiger partial charge in [0.25, 0.3) is 5.56 Å². The molecule has 0 amide bonds. The van der Waals surface area contributed by atoms with Gasteiger partial charge in [-0.1, -0.05) is 6.07 Å². The average molecular weight is 342 g/mol. The molecule has 1 aliphatic heterocycles. The summed E-state index contributed by atoms with van der Waals surface area (Å²) >= 11 is 0. The van der Waals surface area contributed by atoms with Gasteiger partial charge in [0.05, 0.1) is 11.7 Å². The summed E-state index contributed by atoms with van der Waals surface area (Å²) in [5.74, 6) is -0.762. The fraction of sp³-hybridized carbons (Fsp3) is 0.278. The van der Waals surface area contributed by atoms with Crippen molar-refractivity contribution >= 4 is 16.7 Å². The summed E-state index contributed by atoms with van der Waals surface area (Å²) < 4.78 is 26.6. The molecule has 0 radical (unpaired) electrons. The Labute approximate surface area is 142 Å². The van der Waals surface area contributed by atoms with Crippen LogP contribution in [0.3, 0.4) is 0 Å². The maximum Gasteiger partial charge on any atom is 0.258 e. The third-order valence-electron chi connectivity index (χ3n) is 4.75. The highest BCUT2D eigenvalue weighted by molar-refractivity contribution is 5.87. The Morgan fingerprint density at radius 3 is 2.64 bits per heavy atom. The lowest BCUT2D eigenvalue weighted by Gasteiger charge is -2.33. The van der Waals surface area contributed by atoms with E-state index in [0.29, 0.717) is 29.8 Å². The minimum atomic E-state index is -0.822. The van der Waals surface area contributed by atoms with Crippen molar-refractivity contribution in [3.63, 3.8) is 0 Å². The van der Waals surface area contributed by atoms with Gasteiger partial charge >= 0.3 is 0 Å². The molecule has 1 aromatic carbocycles. The molecule has 4 rings (SSSR count). The molecule has 3 heterocycles. The fourth-order valence-corrected chi connectivity index (χ4v) is 3.41. The monoisotopic (exact) mass is 342 g/mol. The van der Waals surface area contributed by atoms with Gasteiger partial charge in [0.2, 0.25) is 0 Å². The van der Waals surface area contributed by atoms with E-state index >= 15 is 0 Å². The van der Waals surface area contributed by atoms with Gasteiger partial charge in [-0.15, -0.1) is 0 Å². The molecule has 1 saturated heterocycles. The molecular weight excluding hydrogens is 326 g/mol. The quantitative estimate of drug-likeness (QED) is 0.778. The molecule has 25 heavy (non-hydrogen) atoms. The largest absolute Gasteiger partial charge is 0.355 e. The number of halogens is 2. The maximum absolute atomic E-state index is 13.5. The van der Waals surface area contributed by atoms with Crippen LogP contribution in [-0.4, -0.2) is 28.0 Å². The summed E-state index contributed by atoms with van der Waals surface area (Å²) in [7, 11) is 0. The maximum atomic E-state index is 13.5. The van der Waals surface area contributed by atoms with Crippen LogP contribution < -0.4 is 10.5 Å². The molecule has 5 nitrogen and oxygen atoms in total. The normalized spacial score (nSPS) is 15.7. The van der Waals surface area contributed by atoms with Crippen LogP contribution in [0.2, 0.25) is 0 Å². The summed E-state index contributed by atoms with van der Waals surface area (Å²) in [4.78, 5) is 25.2. The first-order valence-electron chi connectivity index (χ1n) is 8.16. The average Bonchev–Trinajstić information content (AvgIpc) is 2.64. The molecular formula is C18H16F2N4O. The van der Waals surface area contributed by atoms with E-state index in [1.807, 2.05) is 0 Å². The molecule has 1 fully saturated rings. The van der Waals surface area contributed by atoms with Crippen LogP contribution in [0, 0.1) is 11.6 Å². The summed E-state index contributed by atoms with van der Waals surface area (Å²) in [6.45, 7) is 1.43. The van der Waals surface area contributed by atoms with Gasteiger partial charge in [-0.2, -0.15) is 0 Å². The number of anilines is 1. The number of piperidine rings is 1. The van der Waals surface area contributed by atoms with Crippen molar-refractivity contribution in [3.8, 4) is 0 Å². The molecule has 0 bridgehead atoms. The van der Waals surface area contributed by atoms with Crippen molar-refractivity contribution in [2.45, 2.75) is 18.8 Å². The molecule has 0 saturated carbocycles.